The summed E-state index contributed by atoms with van der Waals surface area (Å²) >= 11 is 0. The molecule has 0 aliphatic heterocycles. The first-order valence-electron chi connectivity index (χ1n) is 8.03. The van der Waals surface area contributed by atoms with Gasteiger partial charge in [-0.3, -0.25) is 10.1 Å². The van der Waals surface area contributed by atoms with Gasteiger partial charge in [-0.1, -0.05) is 18.2 Å². The Morgan fingerprint density at radius 3 is 2.48 bits per heavy atom. The lowest BCUT2D eigenvalue weighted by Crippen LogP contribution is -2.12. The van der Waals surface area contributed by atoms with E-state index in [1.807, 2.05) is 6.07 Å². The summed E-state index contributed by atoms with van der Waals surface area (Å²) in [7, 11) is 0. The summed E-state index contributed by atoms with van der Waals surface area (Å²) < 4.78 is 44.8. The highest BCUT2D eigenvalue weighted by Gasteiger charge is 2.36. The molecule has 0 fully saturated rings. The lowest BCUT2D eigenvalue weighted by Gasteiger charge is -2.13. The van der Waals surface area contributed by atoms with Gasteiger partial charge in [0.25, 0.3) is 5.69 Å². The predicted molar refractivity (Wildman–Crippen MR) is 96.4 cm³/mol. The van der Waals surface area contributed by atoms with E-state index in [4.69, 9.17) is 10.5 Å². The zero-order valence-corrected chi connectivity index (χ0v) is 14.6. The van der Waals surface area contributed by atoms with Crippen molar-refractivity contribution >= 4 is 23.3 Å². The minimum Gasteiger partial charge on any atom is -0.485 e. The zero-order chi connectivity index (χ0) is 21.0. The van der Waals surface area contributed by atoms with Crippen molar-refractivity contribution < 1.29 is 22.8 Å². The molecule has 0 atom stereocenters. The van der Waals surface area contributed by atoms with Crippen LogP contribution in [0.1, 0.15) is 11.4 Å². The standard InChI is InChI=1S/C17H13F3N6O3/c18-17(19,20)12-8-11(26(27)28)6-7-13(12)29-9-14-23-15(21)25-16(24-14)22-10-4-2-1-3-5-10/h1-8H,9H2,(H3,21,22,23,24,25). The van der Waals surface area contributed by atoms with Gasteiger partial charge in [0.1, 0.15) is 17.9 Å². The highest BCUT2D eigenvalue weighted by molar-refractivity contribution is 5.53. The summed E-state index contributed by atoms with van der Waals surface area (Å²) in [5, 5.41) is 13.6. The second-order valence-electron chi connectivity index (χ2n) is 5.65. The van der Waals surface area contributed by atoms with E-state index in [9.17, 15) is 23.3 Å². The first-order chi connectivity index (χ1) is 13.7. The Bertz CT molecular complexity index is 1030. The number of benzene rings is 2. The quantitative estimate of drug-likeness (QED) is 0.468. The number of hydrogen-bond donors (Lipinski definition) is 2. The zero-order valence-electron chi connectivity index (χ0n) is 14.6. The van der Waals surface area contributed by atoms with Gasteiger partial charge < -0.3 is 15.8 Å². The molecule has 9 nitrogen and oxygen atoms in total. The number of nitrogens with zero attached hydrogens (tertiary/aromatic N) is 4. The molecule has 0 amide bonds. The Labute approximate surface area is 161 Å². The molecule has 0 aliphatic rings. The van der Waals surface area contributed by atoms with Gasteiger partial charge in [0.2, 0.25) is 11.9 Å². The van der Waals surface area contributed by atoms with Crippen molar-refractivity contribution in [2.24, 2.45) is 0 Å². The average molecular weight is 406 g/mol. The van der Waals surface area contributed by atoms with E-state index in [-0.39, 0.29) is 17.7 Å². The van der Waals surface area contributed by atoms with Gasteiger partial charge >= 0.3 is 6.18 Å². The van der Waals surface area contributed by atoms with E-state index in [2.05, 4.69) is 20.3 Å². The predicted octanol–water partition coefficient (Wildman–Crippen LogP) is 3.70. The Kier molecular flexibility index (Phi) is 5.43. The number of anilines is 3. The normalized spacial score (nSPS) is 11.1. The fourth-order valence-corrected chi connectivity index (χ4v) is 2.33. The minimum atomic E-state index is -4.85. The van der Waals surface area contributed by atoms with Gasteiger partial charge in [-0.15, -0.1) is 0 Å². The van der Waals surface area contributed by atoms with Gasteiger partial charge in [0, 0.05) is 17.8 Å². The van der Waals surface area contributed by atoms with Crippen LogP contribution < -0.4 is 15.8 Å². The number of nitrogen functional groups attached to an aromatic ring is 1. The van der Waals surface area contributed by atoms with Crippen molar-refractivity contribution in [1.82, 2.24) is 15.0 Å². The molecular weight excluding hydrogens is 393 g/mol. The van der Waals surface area contributed by atoms with Crippen LogP contribution in [0, 0.1) is 10.1 Å². The number of nitrogens with two attached hydrogens (primary N) is 1. The lowest BCUT2D eigenvalue weighted by atomic mass is 10.1. The summed E-state index contributed by atoms with van der Waals surface area (Å²) in [6, 6.07) is 11.1. The smallest absolute Gasteiger partial charge is 0.420 e. The van der Waals surface area contributed by atoms with Crippen LogP contribution in [0.15, 0.2) is 48.5 Å². The van der Waals surface area contributed by atoms with Crippen molar-refractivity contribution in [3.8, 4) is 5.75 Å². The average Bonchev–Trinajstić information content (AvgIpc) is 2.66. The summed E-state index contributed by atoms with van der Waals surface area (Å²) in [4.78, 5) is 21.6. The largest absolute Gasteiger partial charge is 0.485 e. The van der Waals surface area contributed by atoms with Crippen LogP contribution in [0.3, 0.4) is 0 Å². The Morgan fingerprint density at radius 1 is 1.10 bits per heavy atom. The third-order valence-corrected chi connectivity index (χ3v) is 3.57. The third-order valence-electron chi connectivity index (χ3n) is 3.57. The number of alkyl halides is 3. The number of nitro benzene ring substituents is 1. The van der Waals surface area contributed by atoms with Gasteiger partial charge in [0.05, 0.1) is 4.92 Å². The van der Waals surface area contributed by atoms with Crippen molar-refractivity contribution in [3.05, 3.63) is 70.0 Å². The molecule has 29 heavy (non-hydrogen) atoms. The molecule has 0 saturated heterocycles. The van der Waals surface area contributed by atoms with Crippen molar-refractivity contribution in [2.45, 2.75) is 12.8 Å². The third kappa shape index (κ3) is 5.06. The fourth-order valence-electron chi connectivity index (χ4n) is 2.33. The van der Waals surface area contributed by atoms with E-state index in [0.29, 0.717) is 11.8 Å². The van der Waals surface area contributed by atoms with Crippen LogP contribution in [0.25, 0.3) is 0 Å². The first kappa shape index (κ1) is 19.8. The highest BCUT2D eigenvalue weighted by atomic mass is 19.4. The number of nitrogens with one attached hydrogen (secondary N) is 1. The molecule has 0 saturated carbocycles. The van der Waals surface area contributed by atoms with Crippen LogP contribution in [-0.4, -0.2) is 19.9 Å². The van der Waals surface area contributed by atoms with Crippen LogP contribution in [0.2, 0.25) is 0 Å². The Morgan fingerprint density at radius 2 is 1.83 bits per heavy atom. The van der Waals surface area contributed by atoms with Gasteiger partial charge in [-0.25, -0.2) is 0 Å². The summed E-state index contributed by atoms with van der Waals surface area (Å²) in [6.07, 6.45) is -4.85. The second-order valence-corrected chi connectivity index (χ2v) is 5.65. The Balaban J connectivity index is 1.82. The van der Waals surface area contributed by atoms with Gasteiger partial charge in [-0.2, -0.15) is 28.1 Å². The van der Waals surface area contributed by atoms with E-state index < -0.39 is 34.7 Å². The van der Waals surface area contributed by atoms with E-state index >= 15 is 0 Å². The second kappa shape index (κ2) is 7.96. The molecule has 1 heterocycles. The van der Waals surface area contributed by atoms with Crippen LogP contribution in [0.5, 0.6) is 5.75 Å². The number of non-ortho nitro benzene ring substituents is 1. The van der Waals surface area contributed by atoms with Crippen LogP contribution in [-0.2, 0) is 12.8 Å². The first-order valence-corrected chi connectivity index (χ1v) is 8.03. The number of rotatable bonds is 6. The van der Waals surface area contributed by atoms with Crippen molar-refractivity contribution in [1.29, 1.82) is 0 Å². The summed E-state index contributed by atoms with van der Waals surface area (Å²) in [5.74, 6) is -0.694. The number of para-hydroxylation sites is 1. The SMILES string of the molecule is Nc1nc(COc2ccc([N+](=O)[O-])cc2C(F)(F)F)nc(Nc2ccccc2)n1. The molecule has 12 heteroatoms. The van der Waals surface area contributed by atoms with E-state index in [1.54, 1.807) is 24.3 Å². The van der Waals surface area contributed by atoms with E-state index in [1.165, 1.54) is 0 Å². The molecule has 3 aromatic rings. The summed E-state index contributed by atoms with van der Waals surface area (Å²) in [5.41, 5.74) is 4.30. The minimum absolute atomic E-state index is 0.0255. The molecule has 3 rings (SSSR count). The molecule has 2 aromatic carbocycles. The lowest BCUT2D eigenvalue weighted by molar-refractivity contribution is -0.385. The molecule has 0 unspecified atom stereocenters. The van der Waals surface area contributed by atoms with Crippen molar-refractivity contribution in [3.63, 3.8) is 0 Å². The summed E-state index contributed by atoms with van der Waals surface area (Å²) in [6.45, 7) is -0.461. The number of nitro groups is 1. The number of hydrogen-bond acceptors (Lipinski definition) is 8. The molecule has 150 valence electrons. The van der Waals surface area contributed by atoms with Gasteiger partial charge in [-0.05, 0) is 18.2 Å². The molecule has 0 aliphatic carbocycles. The topological polar surface area (TPSA) is 129 Å². The number of ether oxygens (including phenoxy) is 1. The van der Waals surface area contributed by atoms with Crippen LogP contribution in [0.4, 0.5) is 36.4 Å². The highest BCUT2D eigenvalue weighted by Crippen LogP contribution is 2.38. The van der Waals surface area contributed by atoms with Gasteiger partial charge in [0.15, 0.2) is 5.82 Å². The molecule has 0 bridgehead atoms. The Hall–Kier alpha value is -3.96. The maximum atomic E-state index is 13.2. The van der Waals surface area contributed by atoms with Crippen LogP contribution >= 0.6 is 0 Å². The van der Waals surface area contributed by atoms with E-state index in [0.717, 1.165) is 12.1 Å². The molecule has 3 N–H and O–H groups in total. The van der Waals surface area contributed by atoms with Crippen molar-refractivity contribution in [2.75, 3.05) is 11.1 Å². The fraction of sp³-hybridized carbons (Fsp3) is 0.118. The molecule has 0 radical (unpaired) electrons. The maximum absolute atomic E-state index is 13.2. The molecule has 1 aromatic heterocycles. The number of halogens is 3. The molecule has 0 spiro atoms. The monoisotopic (exact) mass is 406 g/mol. The maximum Gasteiger partial charge on any atom is 0.420 e. The molecular formula is C17H13F3N6O3. The number of aromatic nitrogens is 3.